The van der Waals surface area contributed by atoms with E-state index in [1.165, 1.54) is 0 Å². The summed E-state index contributed by atoms with van der Waals surface area (Å²) in [7, 11) is 0. The van der Waals surface area contributed by atoms with Crippen LogP contribution in [-0.4, -0.2) is 27.5 Å². The van der Waals surface area contributed by atoms with Gasteiger partial charge in [-0.3, -0.25) is 14.4 Å². The van der Waals surface area contributed by atoms with E-state index in [0.717, 1.165) is 16.7 Å². The number of para-hydroxylation sites is 1. The van der Waals surface area contributed by atoms with E-state index in [-0.39, 0.29) is 17.5 Å². The van der Waals surface area contributed by atoms with Gasteiger partial charge in [-0.1, -0.05) is 23.4 Å². The zero-order valence-corrected chi connectivity index (χ0v) is 13.0. The van der Waals surface area contributed by atoms with E-state index >= 15 is 0 Å². The number of imide groups is 1. The Morgan fingerprint density at radius 2 is 2.09 bits per heavy atom. The highest BCUT2D eigenvalue weighted by Crippen LogP contribution is 2.33. The minimum atomic E-state index is -0.740. The Hall–Kier alpha value is -2.61. The molecule has 1 fully saturated rings. The van der Waals surface area contributed by atoms with Crippen molar-refractivity contribution in [3.05, 3.63) is 42.2 Å². The number of amides is 3. The van der Waals surface area contributed by atoms with E-state index in [2.05, 4.69) is 10.5 Å². The van der Waals surface area contributed by atoms with Gasteiger partial charge in [0, 0.05) is 12.5 Å². The first-order valence-corrected chi connectivity index (χ1v) is 7.75. The summed E-state index contributed by atoms with van der Waals surface area (Å²) >= 11 is 0.853. The summed E-state index contributed by atoms with van der Waals surface area (Å²) in [5.41, 5.74) is 0.505. The Balaban J connectivity index is 1.66. The molecule has 1 aromatic carbocycles. The number of anilines is 2. The Morgan fingerprint density at radius 1 is 1.35 bits per heavy atom. The predicted octanol–water partition coefficient (Wildman–Crippen LogP) is 2.58. The van der Waals surface area contributed by atoms with Crippen molar-refractivity contribution in [3.63, 3.8) is 0 Å². The van der Waals surface area contributed by atoms with Gasteiger partial charge in [0.05, 0.1) is 5.69 Å². The van der Waals surface area contributed by atoms with Gasteiger partial charge in [-0.25, -0.2) is 4.90 Å². The molecule has 0 radical (unpaired) electrons. The Morgan fingerprint density at radius 3 is 2.74 bits per heavy atom. The van der Waals surface area contributed by atoms with Crippen LogP contribution in [0.3, 0.4) is 0 Å². The van der Waals surface area contributed by atoms with Gasteiger partial charge in [-0.15, -0.1) is 0 Å². The van der Waals surface area contributed by atoms with Crippen LogP contribution < -0.4 is 10.2 Å². The molecule has 1 aromatic heterocycles. The lowest BCUT2D eigenvalue weighted by atomic mass is 10.2. The largest absolute Gasteiger partial charge is 0.360 e. The van der Waals surface area contributed by atoms with Crippen LogP contribution in [0.2, 0.25) is 0 Å². The van der Waals surface area contributed by atoms with Crippen molar-refractivity contribution >= 4 is 40.3 Å². The molecule has 0 aliphatic carbocycles. The van der Waals surface area contributed by atoms with Gasteiger partial charge in [-0.2, -0.15) is 0 Å². The molecule has 0 saturated carbocycles. The number of rotatable bonds is 4. The minimum Gasteiger partial charge on any atom is -0.360 e. The van der Waals surface area contributed by atoms with Crippen molar-refractivity contribution in [2.45, 2.75) is 18.6 Å². The van der Waals surface area contributed by atoms with Crippen molar-refractivity contribution < 1.29 is 18.9 Å². The molecular weight excluding hydrogens is 318 g/mol. The van der Waals surface area contributed by atoms with Crippen molar-refractivity contribution in [1.29, 1.82) is 0 Å². The first kappa shape index (κ1) is 15.3. The van der Waals surface area contributed by atoms with Crippen LogP contribution in [0.25, 0.3) is 0 Å². The Kier molecular flexibility index (Phi) is 4.16. The number of aromatic nitrogens is 1. The number of nitrogens with zero attached hydrogens (tertiary/aromatic N) is 2. The molecular formula is C15H13N3O4S. The molecule has 2 heterocycles. The summed E-state index contributed by atoms with van der Waals surface area (Å²) in [6.07, 6.45) is -0.107. The van der Waals surface area contributed by atoms with Crippen molar-refractivity contribution in [2.75, 3.05) is 10.2 Å². The molecule has 8 heteroatoms. The lowest BCUT2D eigenvalue weighted by molar-refractivity contribution is -0.121. The zero-order chi connectivity index (χ0) is 16.4. The average Bonchev–Trinajstić information content (AvgIpc) is 3.04. The SMILES string of the molecule is Cc1cc(NC(=O)C[C@@H]2SC(=O)N(c3ccccc3)C2=O)no1. The highest BCUT2D eigenvalue weighted by Gasteiger charge is 2.41. The first-order chi connectivity index (χ1) is 11.0. The molecule has 7 nitrogen and oxygen atoms in total. The molecule has 0 unspecified atom stereocenters. The molecule has 3 amide bonds. The quantitative estimate of drug-likeness (QED) is 0.925. The molecule has 1 aliphatic heterocycles. The first-order valence-electron chi connectivity index (χ1n) is 6.87. The fourth-order valence-corrected chi connectivity index (χ4v) is 3.17. The second-order valence-electron chi connectivity index (χ2n) is 4.96. The summed E-state index contributed by atoms with van der Waals surface area (Å²) < 4.78 is 4.85. The van der Waals surface area contributed by atoms with E-state index in [1.54, 1.807) is 43.3 Å². The highest BCUT2D eigenvalue weighted by atomic mass is 32.2. The summed E-state index contributed by atoms with van der Waals surface area (Å²) in [6.45, 7) is 1.70. The van der Waals surface area contributed by atoms with Crippen molar-refractivity contribution in [1.82, 2.24) is 5.16 Å². The number of benzene rings is 1. The molecule has 0 spiro atoms. The van der Waals surface area contributed by atoms with Crippen LogP contribution in [-0.2, 0) is 9.59 Å². The standard InChI is InChI=1S/C15H13N3O4S/c1-9-7-12(17-22-9)16-13(19)8-11-14(20)18(15(21)23-11)10-5-3-2-4-6-10/h2-7,11H,8H2,1H3,(H,16,17,19)/t11-/m0/s1. The van der Waals surface area contributed by atoms with Crippen LogP contribution in [0, 0.1) is 6.92 Å². The van der Waals surface area contributed by atoms with E-state index in [1.807, 2.05) is 0 Å². The van der Waals surface area contributed by atoms with Crippen LogP contribution in [0.5, 0.6) is 0 Å². The van der Waals surface area contributed by atoms with Crippen LogP contribution in [0.4, 0.5) is 16.3 Å². The number of thioether (sulfide) groups is 1. The molecule has 3 rings (SSSR count). The summed E-state index contributed by atoms with van der Waals surface area (Å²) in [4.78, 5) is 37.5. The Labute approximate surface area is 136 Å². The predicted molar refractivity (Wildman–Crippen MR) is 85.2 cm³/mol. The van der Waals surface area contributed by atoms with E-state index in [4.69, 9.17) is 4.52 Å². The maximum Gasteiger partial charge on any atom is 0.293 e. The maximum atomic E-state index is 12.4. The minimum absolute atomic E-state index is 0.107. The second-order valence-corrected chi connectivity index (χ2v) is 6.11. The molecule has 0 bridgehead atoms. The van der Waals surface area contributed by atoms with Crippen LogP contribution in [0.1, 0.15) is 12.2 Å². The Bertz CT molecular complexity index is 759. The average molecular weight is 331 g/mol. The lowest BCUT2D eigenvalue weighted by Gasteiger charge is -2.13. The van der Waals surface area contributed by atoms with Gasteiger partial charge in [-0.05, 0) is 30.8 Å². The van der Waals surface area contributed by atoms with Crippen LogP contribution in [0.15, 0.2) is 40.9 Å². The number of aryl methyl sites for hydroxylation is 1. The third-order valence-corrected chi connectivity index (χ3v) is 4.24. The van der Waals surface area contributed by atoms with Gasteiger partial charge >= 0.3 is 0 Å². The van der Waals surface area contributed by atoms with E-state index in [0.29, 0.717) is 11.4 Å². The zero-order valence-electron chi connectivity index (χ0n) is 12.2. The number of hydrogen-bond acceptors (Lipinski definition) is 6. The number of nitrogens with one attached hydrogen (secondary N) is 1. The van der Waals surface area contributed by atoms with Gasteiger partial charge in [0.1, 0.15) is 11.0 Å². The maximum absolute atomic E-state index is 12.4. The van der Waals surface area contributed by atoms with Crippen LogP contribution >= 0.6 is 11.8 Å². The fourth-order valence-electron chi connectivity index (χ4n) is 2.19. The van der Waals surface area contributed by atoms with Gasteiger partial charge in [0.2, 0.25) is 11.8 Å². The lowest BCUT2D eigenvalue weighted by Crippen LogP contribution is -2.32. The smallest absolute Gasteiger partial charge is 0.293 e. The normalized spacial score (nSPS) is 17.6. The molecule has 23 heavy (non-hydrogen) atoms. The molecule has 118 valence electrons. The third-order valence-electron chi connectivity index (χ3n) is 3.20. The highest BCUT2D eigenvalue weighted by molar-refractivity contribution is 8.15. The summed E-state index contributed by atoms with van der Waals surface area (Å²) in [6, 6.07) is 10.2. The molecule has 1 saturated heterocycles. The van der Waals surface area contributed by atoms with E-state index in [9.17, 15) is 14.4 Å². The number of carbonyl (C=O) groups excluding carboxylic acids is 3. The molecule has 2 aromatic rings. The molecule has 1 atom stereocenters. The van der Waals surface area contributed by atoms with Crippen molar-refractivity contribution in [2.24, 2.45) is 0 Å². The third kappa shape index (κ3) is 3.26. The van der Waals surface area contributed by atoms with Crippen molar-refractivity contribution in [3.8, 4) is 0 Å². The summed E-state index contributed by atoms with van der Waals surface area (Å²) in [5.74, 6) is 0.0655. The second kappa shape index (κ2) is 6.25. The van der Waals surface area contributed by atoms with Gasteiger partial charge in [0.15, 0.2) is 5.82 Å². The molecule has 1 N–H and O–H groups in total. The van der Waals surface area contributed by atoms with Gasteiger partial charge < -0.3 is 9.84 Å². The number of carbonyl (C=O) groups is 3. The summed E-state index contributed by atoms with van der Waals surface area (Å²) in [5, 5.41) is 5.07. The number of hydrogen-bond donors (Lipinski definition) is 1. The van der Waals surface area contributed by atoms with E-state index < -0.39 is 17.1 Å². The molecule has 1 aliphatic rings. The van der Waals surface area contributed by atoms with Gasteiger partial charge in [0.25, 0.3) is 5.24 Å². The monoisotopic (exact) mass is 331 g/mol. The topological polar surface area (TPSA) is 92.5 Å². The fraction of sp³-hybridized carbons (Fsp3) is 0.200.